The van der Waals surface area contributed by atoms with E-state index in [1.807, 2.05) is 0 Å². The molecule has 0 radical (unpaired) electrons. The van der Waals surface area contributed by atoms with E-state index in [1.54, 1.807) is 30.3 Å². The fourth-order valence-corrected chi connectivity index (χ4v) is 3.57. The Balaban J connectivity index is 1.83. The number of nitrogens with one attached hydrogen (secondary N) is 1. The van der Waals surface area contributed by atoms with Crippen molar-refractivity contribution in [1.29, 1.82) is 0 Å². The summed E-state index contributed by atoms with van der Waals surface area (Å²) >= 11 is 0. The maximum atomic E-state index is 12.6. The van der Waals surface area contributed by atoms with Crippen LogP contribution >= 0.6 is 0 Å². The third kappa shape index (κ3) is 3.83. The van der Waals surface area contributed by atoms with Crippen LogP contribution in [0.15, 0.2) is 81.2 Å². The van der Waals surface area contributed by atoms with Crippen molar-refractivity contribution in [2.75, 3.05) is 11.6 Å². The highest BCUT2D eigenvalue weighted by Crippen LogP contribution is 2.28. The molecule has 4 aromatic rings. The van der Waals surface area contributed by atoms with E-state index < -0.39 is 15.7 Å². The van der Waals surface area contributed by atoms with E-state index in [0.717, 1.165) is 6.26 Å². The van der Waals surface area contributed by atoms with E-state index in [9.17, 15) is 18.0 Å². The van der Waals surface area contributed by atoms with Crippen molar-refractivity contribution in [1.82, 2.24) is 9.97 Å². The molecule has 0 unspecified atom stereocenters. The lowest BCUT2D eigenvalue weighted by Gasteiger charge is -2.09. The third-order valence-corrected chi connectivity index (χ3v) is 5.46. The van der Waals surface area contributed by atoms with Gasteiger partial charge in [0, 0.05) is 30.3 Å². The van der Waals surface area contributed by atoms with Crippen LogP contribution in [-0.4, -0.2) is 30.5 Å². The van der Waals surface area contributed by atoms with E-state index in [-0.39, 0.29) is 38.4 Å². The van der Waals surface area contributed by atoms with Gasteiger partial charge in [-0.2, -0.15) is 0 Å². The monoisotopic (exact) mass is 421 g/mol. The lowest BCUT2D eigenvalue weighted by molar-refractivity contribution is 0.102. The number of carbonyl (C=O) groups excluding carboxylic acids is 1. The number of hydrogen-bond acceptors (Lipinski definition) is 7. The molecule has 8 nitrogen and oxygen atoms in total. The summed E-state index contributed by atoms with van der Waals surface area (Å²) in [7, 11) is -3.43. The van der Waals surface area contributed by atoms with E-state index in [2.05, 4.69) is 15.3 Å². The summed E-state index contributed by atoms with van der Waals surface area (Å²) in [5.74, 6) is -0.332. The molecule has 2 aromatic heterocycles. The van der Waals surface area contributed by atoms with Gasteiger partial charge in [-0.1, -0.05) is 18.2 Å². The van der Waals surface area contributed by atoms with Gasteiger partial charge in [0.15, 0.2) is 20.8 Å². The maximum absolute atomic E-state index is 12.6. The average Bonchev–Trinajstić information content (AvgIpc) is 2.74. The summed E-state index contributed by atoms with van der Waals surface area (Å²) in [6, 6.07) is 12.2. The molecule has 0 aliphatic heterocycles. The number of nitrogens with zero attached hydrogens (tertiary/aromatic N) is 2. The molecule has 0 spiro atoms. The summed E-state index contributed by atoms with van der Waals surface area (Å²) in [6.45, 7) is 0. The van der Waals surface area contributed by atoms with E-state index in [4.69, 9.17) is 4.42 Å². The second-order valence-corrected chi connectivity index (χ2v) is 8.52. The molecule has 0 saturated heterocycles. The fourth-order valence-electron chi connectivity index (χ4n) is 2.90. The minimum absolute atomic E-state index is 0.104. The fraction of sp³-hybridized carbons (Fsp3) is 0.0476. The molecule has 1 amide bonds. The van der Waals surface area contributed by atoms with Crippen LogP contribution in [0.4, 0.5) is 5.69 Å². The minimum Gasteiger partial charge on any atom is -0.454 e. The molecular formula is C21H15N3O5S. The molecule has 1 N–H and O–H groups in total. The van der Waals surface area contributed by atoms with Crippen molar-refractivity contribution in [2.24, 2.45) is 0 Å². The van der Waals surface area contributed by atoms with Crippen LogP contribution in [0.5, 0.6) is 0 Å². The van der Waals surface area contributed by atoms with Gasteiger partial charge in [-0.3, -0.25) is 14.6 Å². The highest BCUT2D eigenvalue weighted by molar-refractivity contribution is 7.90. The topological polar surface area (TPSA) is 119 Å². The molecule has 0 aliphatic rings. The van der Waals surface area contributed by atoms with Crippen LogP contribution in [0, 0.1) is 0 Å². The van der Waals surface area contributed by atoms with Crippen LogP contribution < -0.4 is 10.7 Å². The summed E-state index contributed by atoms with van der Waals surface area (Å²) in [6.07, 6.45) is 5.26. The number of benzene rings is 2. The second-order valence-electron chi connectivity index (χ2n) is 6.50. The van der Waals surface area contributed by atoms with Crippen molar-refractivity contribution in [2.45, 2.75) is 4.90 Å². The first kappa shape index (κ1) is 19.5. The Bertz CT molecular complexity index is 1430. The number of amides is 1. The zero-order valence-corrected chi connectivity index (χ0v) is 16.5. The summed E-state index contributed by atoms with van der Waals surface area (Å²) in [4.78, 5) is 33.0. The lowest BCUT2D eigenvalue weighted by atomic mass is 10.1. The number of sulfone groups is 1. The average molecular weight is 421 g/mol. The number of aromatic nitrogens is 2. The molecule has 0 atom stereocenters. The maximum Gasteiger partial charge on any atom is 0.275 e. The third-order valence-electron chi connectivity index (χ3n) is 4.35. The van der Waals surface area contributed by atoms with Crippen LogP contribution in [0.3, 0.4) is 0 Å². The minimum atomic E-state index is -3.43. The Hall–Kier alpha value is -3.85. The number of rotatable bonds is 4. The van der Waals surface area contributed by atoms with Gasteiger partial charge in [-0.15, -0.1) is 0 Å². The highest BCUT2D eigenvalue weighted by Gasteiger charge is 2.15. The molecule has 2 heterocycles. The van der Waals surface area contributed by atoms with Crippen molar-refractivity contribution < 1.29 is 17.6 Å². The standard InChI is InChI=1S/C21H15N3O5S/c1-30(27,28)14-5-2-4-13(10-14)19-11-18(25)15-6-3-7-16(20(15)29-19)24-21(26)17-12-22-8-9-23-17/h2-12H,1H3,(H,24,26). The number of fused-ring (bicyclic) bond motifs is 1. The van der Waals surface area contributed by atoms with Gasteiger partial charge < -0.3 is 9.73 Å². The molecule has 0 aliphatic carbocycles. The van der Waals surface area contributed by atoms with Crippen molar-refractivity contribution >= 4 is 32.4 Å². The molecule has 9 heteroatoms. The van der Waals surface area contributed by atoms with Gasteiger partial charge in [0.25, 0.3) is 5.91 Å². The summed E-state index contributed by atoms with van der Waals surface area (Å²) < 4.78 is 29.6. The van der Waals surface area contributed by atoms with Crippen LogP contribution in [-0.2, 0) is 9.84 Å². The zero-order chi connectivity index (χ0) is 21.3. The molecule has 0 fully saturated rings. The Labute approximate surface area is 171 Å². The Morgan fingerprint density at radius 3 is 2.60 bits per heavy atom. The van der Waals surface area contributed by atoms with Gasteiger partial charge in [-0.25, -0.2) is 13.4 Å². The Morgan fingerprint density at radius 1 is 1.07 bits per heavy atom. The van der Waals surface area contributed by atoms with Gasteiger partial charge in [0.1, 0.15) is 11.5 Å². The summed E-state index contributed by atoms with van der Waals surface area (Å²) in [5.41, 5.74) is 0.649. The molecule has 30 heavy (non-hydrogen) atoms. The van der Waals surface area contributed by atoms with E-state index in [1.165, 1.54) is 36.8 Å². The first-order valence-corrected chi connectivity index (χ1v) is 10.7. The predicted molar refractivity (Wildman–Crippen MR) is 111 cm³/mol. The van der Waals surface area contributed by atoms with Crippen molar-refractivity contribution in [3.05, 3.63) is 83.0 Å². The largest absolute Gasteiger partial charge is 0.454 e. The first-order chi connectivity index (χ1) is 14.3. The van der Waals surface area contributed by atoms with E-state index in [0.29, 0.717) is 5.56 Å². The van der Waals surface area contributed by atoms with Crippen LogP contribution in [0.2, 0.25) is 0 Å². The predicted octanol–water partition coefficient (Wildman–Crippen LogP) is 2.91. The van der Waals surface area contributed by atoms with Crippen LogP contribution in [0.1, 0.15) is 10.5 Å². The van der Waals surface area contributed by atoms with Gasteiger partial charge in [-0.05, 0) is 24.3 Å². The lowest BCUT2D eigenvalue weighted by Crippen LogP contribution is -2.14. The smallest absolute Gasteiger partial charge is 0.275 e. The van der Waals surface area contributed by atoms with Gasteiger partial charge in [0.2, 0.25) is 0 Å². The molecule has 2 aromatic carbocycles. The normalized spacial score (nSPS) is 11.4. The second kappa shape index (κ2) is 7.53. The number of anilines is 1. The number of para-hydroxylation sites is 1. The zero-order valence-electron chi connectivity index (χ0n) is 15.7. The Kier molecular flexibility index (Phi) is 4.88. The van der Waals surface area contributed by atoms with Crippen LogP contribution in [0.25, 0.3) is 22.3 Å². The van der Waals surface area contributed by atoms with Gasteiger partial charge in [0.05, 0.1) is 22.2 Å². The van der Waals surface area contributed by atoms with Gasteiger partial charge >= 0.3 is 0 Å². The Morgan fingerprint density at radius 2 is 1.87 bits per heavy atom. The molecule has 4 rings (SSSR count). The highest BCUT2D eigenvalue weighted by atomic mass is 32.2. The molecule has 0 bridgehead atoms. The van der Waals surface area contributed by atoms with Crippen molar-refractivity contribution in [3.8, 4) is 11.3 Å². The molecule has 0 saturated carbocycles. The first-order valence-electron chi connectivity index (χ1n) is 8.78. The summed E-state index contributed by atoms with van der Waals surface area (Å²) in [5, 5.41) is 2.95. The number of carbonyl (C=O) groups is 1. The molecule has 150 valence electrons. The quantitative estimate of drug-likeness (QED) is 0.538. The number of hydrogen-bond donors (Lipinski definition) is 1. The SMILES string of the molecule is CS(=O)(=O)c1cccc(-c2cc(=O)c3cccc(NC(=O)c4cnccn4)c3o2)c1. The van der Waals surface area contributed by atoms with Crippen molar-refractivity contribution in [3.63, 3.8) is 0 Å². The molecular weight excluding hydrogens is 406 g/mol. The van der Waals surface area contributed by atoms with E-state index >= 15 is 0 Å².